The maximum Gasteiger partial charge on any atom is 0.220 e. The Hall–Kier alpha value is -1.19. The van der Waals surface area contributed by atoms with Gasteiger partial charge in [-0.2, -0.15) is 0 Å². The molecule has 2 aliphatic rings. The van der Waals surface area contributed by atoms with Crippen LogP contribution >= 0.6 is 0 Å². The van der Waals surface area contributed by atoms with Gasteiger partial charge in [0.1, 0.15) is 0 Å². The molecule has 0 N–H and O–H groups in total. The summed E-state index contributed by atoms with van der Waals surface area (Å²) in [6.45, 7) is 1.95. The van der Waals surface area contributed by atoms with Crippen LogP contribution in [0.3, 0.4) is 0 Å². The lowest BCUT2D eigenvalue weighted by Crippen LogP contribution is -2.38. The number of nitrogens with zero attached hydrogens (tertiary/aromatic N) is 1. The van der Waals surface area contributed by atoms with Crippen LogP contribution in [0.4, 0.5) is 0 Å². The second-order valence-corrected chi connectivity index (χ2v) is 4.51. The summed E-state index contributed by atoms with van der Waals surface area (Å²) >= 11 is 0. The number of hydrogen-bond acceptors (Lipinski definition) is 3. The summed E-state index contributed by atoms with van der Waals surface area (Å²) in [4.78, 5) is 22.4. The van der Waals surface area contributed by atoms with Gasteiger partial charge in [0, 0.05) is 23.3 Å². The van der Waals surface area contributed by atoms with Crippen LogP contribution in [0.25, 0.3) is 0 Å². The highest BCUT2D eigenvalue weighted by molar-refractivity contribution is 5.97. The van der Waals surface area contributed by atoms with Gasteiger partial charge >= 0.3 is 0 Å². The van der Waals surface area contributed by atoms with Gasteiger partial charge in [0.2, 0.25) is 6.04 Å². The molecule has 0 spiro atoms. The number of Topliss-reactive ketones (excluding diaryl/α,β-unsaturated/α-hetero) is 1. The van der Waals surface area contributed by atoms with Crippen molar-refractivity contribution in [3.05, 3.63) is 21.3 Å². The molecule has 1 fully saturated rings. The molecule has 0 amide bonds. The number of nitro groups is 1. The normalized spacial score (nSPS) is 31.4. The van der Waals surface area contributed by atoms with Gasteiger partial charge in [0.25, 0.3) is 0 Å². The van der Waals surface area contributed by atoms with Crippen LogP contribution in [0, 0.1) is 16.0 Å². The minimum atomic E-state index is -0.520. The highest BCUT2D eigenvalue weighted by Crippen LogP contribution is 2.39. The van der Waals surface area contributed by atoms with Crippen molar-refractivity contribution in [2.45, 2.75) is 45.1 Å². The third-order valence-corrected chi connectivity index (χ3v) is 3.60. The van der Waals surface area contributed by atoms with E-state index in [0.29, 0.717) is 19.3 Å². The molecule has 4 heteroatoms. The molecule has 2 atom stereocenters. The Morgan fingerprint density at radius 3 is 2.73 bits per heavy atom. The summed E-state index contributed by atoms with van der Waals surface area (Å²) in [6, 6.07) is -0.520. The van der Waals surface area contributed by atoms with Crippen LogP contribution in [0.5, 0.6) is 0 Å². The average Bonchev–Trinajstić information content (AvgIpc) is 2.17. The van der Waals surface area contributed by atoms with E-state index in [1.54, 1.807) is 0 Å². The first-order chi connectivity index (χ1) is 7.11. The van der Waals surface area contributed by atoms with Gasteiger partial charge in [-0.25, -0.2) is 0 Å². The minimum Gasteiger partial charge on any atom is -0.295 e. The Balaban J connectivity index is 2.35. The van der Waals surface area contributed by atoms with E-state index in [1.165, 1.54) is 0 Å². The summed E-state index contributed by atoms with van der Waals surface area (Å²) < 4.78 is 0. The zero-order valence-corrected chi connectivity index (χ0v) is 8.86. The molecular weight excluding hydrogens is 194 g/mol. The first-order valence-electron chi connectivity index (χ1n) is 5.47. The van der Waals surface area contributed by atoms with Gasteiger partial charge in [0.05, 0.1) is 5.92 Å². The third kappa shape index (κ3) is 1.68. The van der Waals surface area contributed by atoms with Gasteiger partial charge in [-0.3, -0.25) is 14.9 Å². The Morgan fingerprint density at radius 2 is 2.07 bits per heavy atom. The third-order valence-electron chi connectivity index (χ3n) is 3.60. The number of fused-ring (bicyclic) bond motifs is 1. The van der Waals surface area contributed by atoms with Crippen molar-refractivity contribution >= 4 is 5.78 Å². The van der Waals surface area contributed by atoms with Crippen LogP contribution in [0.2, 0.25) is 0 Å². The molecule has 0 bridgehead atoms. The topological polar surface area (TPSA) is 60.2 Å². The van der Waals surface area contributed by atoms with Crippen molar-refractivity contribution < 1.29 is 9.72 Å². The van der Waals surface area contributed by atoms with Crippen molar-refractivity contribution in [1.82, 2.24) is 0 Å². The molecule has 0 radical (unpaired) electrons. The lowest BCUT2D eigenvalue weighted by Gasteiger charge is -2.32. The zero-order chi connectivity index (χ0) is 11.0. The molecule has 2 aliphatic carbocycles. The van der Waals surface area contributed by atoms with Gasteiger partial charge in [-0.05, 0) is 26.2 Å². The number of hydrogen-bond donors (Lipinski definition) is 0. The van der Waals surface area contributed by atoms with Crippen LogP contribution in [0.15, 0.2) is 11.1 Å². The second-order valence-electron chi connectivity index (χ2n) is 4.51. The Labute approximate surface area is 88.5 Å². The molecule has 0 heterocycles. The van der Waals surface area contributed by atoms with Gasteiger partial charge in [-0.15, -0.1) is 0 Å². The largest absolute Gasteiger partial charge is 0.295 e. The van der Waals surface area contributed by atoms with Crippen LogP contribution < -0.4 is 0 Å². The molecule has 0 saturated heterocycles. The molecule has 4 nitrogen and oxygen atoms in total. The fourth-order valence-electron chi connectivity index (χ4n) is 2.86. The SMILES string of the molecule is CC1=C2C(=O)CCC[C@H]2[C@@H]([N+](=O)[O-])CC1. The summed E-state index contributed by atoms with van der Waals surface area (Å²) in [6.07, 6.45) is 3.51. The molecule has 0 aliphatic heterocycles. The molecule has 2 rings (SSSR count). The first-order valence-corrected chi connectivity index (χ1v) is 5.47. The van der Waals surface area contributed by atoms with Crippen LogP contribution in [-0.4, -0.2) is 16.7 Å². The van der Waals surface area contributed by atoms with Gasteiger partial charge in [-0.1, -0.05) is 5.57 Å². The first kappa shape index (κ1) is 10.3. The van der Waals surface area contributed by atoms with Gasteiger partial charge < -0.3 is 0 Å². The average molecular weight is 209 g/mol. The quantitative estimate of drug-likeness (QED) is 0.491. The van der Waals surface area contributed by atoms with Crippen molar-refractivity contribution in [2.75, 3.05) is 0 Å². The maximum absolute atomic E-state index is 11.7. The summed E-state index contributed by atoms with van der Waals surface area (Å²) in [5, 5.41) is 10.9. The predicted molar refractivity (Wildman–Crippen MR) is 55.1 cm³/mol. The lowest BCUT2D eigenvalue weighted by molar-refractivity contribution is -0.532. The van der Waals surface area contributed by atoms with E-state index < -0.39 is 6.04 Å². The van der Waals surface area contributed by atoms with E-state index in [4.69, 9.17) is 0 Å². The fourth-order valence-corrected chi connectivity index (χ4v) is 2.86. The number of carbonyl (C=O) groups excluding carboxylic acids is 1. The number of ketones is 1. The number of allylic oxidation sites excluding steroid dienone is 1. The van der Waals surface area contributed by atoms with Crippen molar-refractivity contribution in [1.29, 1.82) is 0 Å². The standard InChI is InChI=1S/C11H15NO3/c1-7-5-6-9(12(14)15)8-3-2-4-10(13)11(7)8/h8-9H,2-6H2,1H3/t8-,9-/m0/s1. The molecule has 1 saturated carbocycles. The van der Waals surface area contributed by atoms with Crippen molar-refractivity contribution in [3.63, 3.8) is 0 Å². The van der Waals surface area contributed by atoms with E-state index in [1.807, 2.05) is 6.92 Å². The molecular formula is C11H15NO3. The fraction of sp³-hybridized carbons (Fsp3) is 0.727. The Morgan fingerprint density at radius 1 is 1.33 bits per heavy atom. The van der Waals surface area contributed by atoms with Crippen LogP contribution in [-0.2, 0) is 4.79 Å². The molecule has 15 heavy (non-hydrogen) atoms. The van der Waals surface area contributed by atoms with Gasteiger partial charge in [0.15, 0.2) is 5.78 Å². The van der Waals surface area contributed by atoms with Crippen molar-refractivity contribution in [2.24, 2.45) is 5.92 Å². The predicted octanol–water partition coefficient (Wildman–Crippen LogP) is 2.11. The highest BCUT2D eigenvalue weighted by atomic mass is 16.6. The van der Waals surface area contributed by atoms with E-state index >= 15 is 0 Å². The Kier molecular flexibility index (Phi) is 2.59. The van der Waals surface area contributed by atoms with Crippen molar-refractivity contribution in [3.8, 4) is 0 Å². The van der Waals surface area contributed by atoms with Crippen LogP contribution in [0.1, 0.15) is 39.0 Å². The maximum atomic E-state index is 11.7. The molecule has 0 aromatic carbocycles. The minimum absolute atomic E-state index is 0.102. The molecule has 0 unspecified atom stereocenters. The smallest absolute Gasteiger partial charge is 0.220 e. The lowest BCUT2D eigenvalue weighted by atomic mass is 9.71. The Bertz CT molecular complexity index is 346. The summed E-state index contributed by atoms with van der Waals surface area (Å²) in [7, 11) is 0. The molecule has 0 aromatic rings. The van der Waals surface area contributed by atoms with E-state index in [2.05, 4.69) is 0 Å². The number of carbonyl (C=O) groups is 1. The van der Waals surface area contributed by atoms with E-state index in [-0.39, 0.29) is 16.6 Å². The highest BCUT2D eigenvalue weighted by Gasteiger charge is 2.42. The summed E-state index contributed by atoms with van der Waals surface area (Å²) in [5.74, 6) is 0.0466. The second kappa shape index (κ2) is 3.76. The van der Waals surface area contributed by atoms with E-state index in [9.17, 15) is 14.9 Å². The molecule has 82 valence electrons. The molecule has 0 aromatic heterocycles. The van der Waals surface area contributed by atoms with E-state index in [0.717, 1.165) is 24.0 Å². The number of rotatable bonds is 1. The summed E-state index contributed by atoms with van der Waals surface area (Å²) in [5.41, 5.74) is 1.87. The monoisotopic (exact) mass is 209 g/mol. The zero-order valence-electron chi connectivity index (χ0n) is 8.86.